The number of fused-ring (bicyclic) bond motifs is 1. The van der Waals surface area contributed by atoms with Crippen molar-refractivity contribution in [1.82, 2.24) is 14.6 Å². The Kier molecular flexibility index (Phi) is 4.29. The summed E-state index contributed by atoms with van der Waals surface area (Å²) in [5.74, 6) is 1.17. The maximum absolute atomic E-state index is 13.5. The van der Waals surface area contributed by atoms with Crippen LogP contribution in [0.2, 0.25) is 10.2 Å². The van der Waals surface area contributed by atoms with Crippen LogP contribution in [-0.4, -0.2) is 27.7 Å². The molecule has 1 fully saturated rings. The Bertz CT molecular complexity index is 932. The molecule has 4 nitrogen and oxygen atoms in total. The summed E-state index contributed by atoms with van der Waals surface area (Å²) in [6.07, 6.45) is 3.89. The minimum Gasteiger partial charge on any atom is -0.356 e. The Hall–Kier alpha value is -1.85. The Morgan fingerprint density at radius 3 is 2.64 bits per heavy atom. The number of benzene rings is 1. The van der Waals surface area contributed by atoms with Crippen molar-refractivity contribution in [1.29, 1.82) is 0 Å². The molecule has 0 unspecified atom stereocenters. The number of rotatable bonds is 2. The van der Waals surface area contributed by atoms with Crippen molar-refractivity contribution in [2.24, 2.45) is 5.92 Å². The Morgan fingerprint density at radius 1 is 1.16 bits per heavy atom. The molecule has 0 atom stereocenters. The molecular formula is C18H17Cl2FN4. The normalized spacial score (nSPS) is 15.9. The molecule has 0 radical (unpaired) electrons. The summed E-state index contributed by atoms with van der Waals surface area (Å²) >= 11 is 12.8. The van der Waals surface area contributed by atoms with Crippen molar-refractivity contribution >= 4 is 34.7 Å². The highest BCUT2D eigenvalue weighted by molar-refractivity contribution is 6.36. The highest BCUT2D eigenvalue weighted by Crippen LogP contribution is 2.41. The fourth-order valence-electron chi connectivity index (χ4n) is 3.34. The average Bonchev–Trinajstić information content (AvgIpc) is 3.03. The highest BCUT2D eigenvalue weighted by Gasteiger charge is 2.26. The largest absolute Gasteiger partial charge is 0.356 e. The van der Waals surface area contributed by atoms with Crippen LogP contribution in [0.3, 0.4) is 0 Å². The third-order valence-electron chi connectivity index (χ3n) is 4.75. The van der Waals surface area contributed by atoms with Crippen LogP contribution in [0.25, 0.3) is 16.8 Å². The van der Waals surface area contributed by atoms with Crippen LogP contribution in [0.15, 0.2) is 30.5 Å². The predicted octanol–water partition coefficient (Wildman–Crippen LogP) is 5.08. The second kappa shape index (κ2) is 6.46. The van der Waals surface area contributed by atoms with Crippen molar-refractivity contribution in [2.45, 2.75) is 19.8 Å². The number of nitrogens with zero attached hydrogens (tertiary/aromatic N) is 4. The van der Waals surface area contributed by atoms with E-state index in [2.05, 4.69) is 21.9 Å². The number of halogens is 3. The van der Waals surface area contributed by atoms with Crippen LogP contribution in [-0.2, 0) is 0 Å². The average molecular weight is 379 g/mol. The summed E-state index contributed by atoms with van der Waals surface area (Å²) in [6.45, 7) is 4.07. The standard InChI is InChI=1S/C18H17Cl2FN4/c1-11-5-8-24(9-6-11)18-16(13-3-2-12(21)10-14(13)19)17(20)23-15-4-7-22-25(15)18/h2-4,7,10-11H,5-6,8-9H2,1H3. The molecule has 130 valence electrons. The van der Waals surface area contributed by atoms with Gasteiger partial charge in [-0.1, -0.05) is 30.1 Å². The minimum absolute atomic E-state index is 0.307. The van der Waals surface area contributed by atoms with Gasteiger partial charge in [-0.25, -0.2) is 9.37 Å². The van der Waals surface area contributed by atoms with Gasteiger partial charge in [0.2, 0.25) is 0 Å². The van der Waals surface area contributed by atoms with Gasteiger partial charge in [0, 0.05) is 24.7 Å². The van der Waals surface area contributed by atoms with Crippen molar-refractivity contribution in [3.63, 3.8) is 0 Å². The number of hydrogen-bond donors (Lipinski definition) is 0. The molecule has 25 heavy (non-hydrogen) atoms. The van der Waals surface area contributed by atoms with E-state index in [1.165, 1.54) is 12.1 Å². The van der Waals surface area contributed by atoms with Crippen LogP contribution in [0.1, 0.15) is 19.8 Å². The molecule has 7 heteroatoms. The highest BCUT2D eigenvalue weighted by atomic mass is 35.5. The molecule has 1 aliphatic heterocycles. The second-order valence-corrected chi connectivity index (χ2v) is 7.26. The fraction of sp³-hybridized carbons (Fsp3) is 0.333. The lowest BCUT2D eigenvalue weighted by Gasteiger charge is -2.33. The van der Waals surface area contributed by atoms with Crippen molar-refractivity contribution in [3.8, 4) is 11.1 Å². The van der Waals surface area contributed by atoms with Gasteiger partial charge in [0.05, 0.1) is 16.8 Å². The van der Waals surface area contributed by atoms with Crippen LogP contribution in [0.4, 0.5) is 10.2 Å². The first-order chi connectivity index (χ1) is 12.0. The molecule has 0 bridgehead atoms. The molecule has 1 saturated heterocycles. The van der Waals surface area contributed by atoms with E-state index in [0.29, 0.717) is 32.9 Å². The molecule has 3 heterocycles. The van der Waals surface area contributed by atoms with Gasteiger partial charge in [0.1, 0.15) is 16.8 Å². The van der Waals surface area contributed by atoms with Crippen molar-refractivity contribution in [2.75, 3.05) is 18.0 Å². The summed E-state index contributed by atoms with van der Waals surface area (Å²) in [7, 11) is 0. The molecule has 1 aromatic carbocycles. The van der Waals surface area contributed by atoms with Crippen LogP contribution in [0.5, 0.6) is 0 Å². The summed E-state index contributed by atoms with van der Waals surface area (Å²) in [5, 5.41) is 5.07. The van der Waals surface area contributed by atoms with Crippen molar-refractivity contribution < 1.29 is 4.39 Å². The molecule has 2 aromatic heterocycles. The third-order valence-corrected chi connectivity index (χ3v) is 5.34. The van der Waals surface area contributed by atoms with E-state index in [-0.39, 0.29) is 5.82 Å². The third kappa shape index (κ3) is 2.96. The molecule has 0 aliphatic carbocycles. The molecule has 0 amide bonds. The minimum atomic E-state index is -0.383. The summed E-state index contributed by atoms with van der Waals surface area (Å²) in [5.41, 5.74) is 2.03. The zero-order valence-electron chi connectivity index (χ0n) is 13.7. The number of aromatic nitrogens is 3. The van der Waals surface area contributed by atoms with Crippen molar-refractivity contribution in [3.05, 3.63) is 46.5 Å². The summed E-state index contributed by atoms with van der Waals surface area (Å²) in [4.78, 5) is 6.70. The van der Waals surface area contributed by atoms with Gasteiger partial charge in [0.25, 0.3) is 0 Å². The summed E-state index contributed by atoms with van der Waals surface area (Å²) in [6, 6.07) is 6.14. The maximum atomic E-state index is 13.5. The first-order valence-electron chi connectivity index (χ1n) is 8.28. The topological polar surface area (TPSA) is 33.4 Å². The van der Waals surface area contributed by atoms with E-state index >= 15 is 0 Å². The van der Waals surface area contributed by atoms with Gasteiger partial charge >= 0.3 is 0 Å². The van der Waals surface area contributed by atoms with Gasteiger partial charge in [-0.05, 0) is 37.0 Å². The molecular weight excluding hydrogens is 362 g/mol. The SMILES string of the molecule is CC1CCN(c2c(-c3ccc(F)cc3Cl)c(Cl)nc3ccnn23)CC1. The smallest absolute Gasteiger partial charge is 0.159 e. The van der Waals surface area contributed by atoms with E-state index in [4.69, 9.17) is 23.2 Å². The lowest BCUT2D eigenvalue weighted by atomic mass is 9.98. The number of anilines is 1. The van der Waals surface area contributed by atoms with Gasteiger partial charge in [-0.2, -0.15) is 9.61 Å². The zero-order valence-corrected chi connectivity index (χ0v) is 15.2. The molecule has 0 spiro atoms. The Balaban J connectivity index is 1.96. The van der Waals surface area contributed by atoms with E-state index in [0.717, 1.165) is 31.7 Å². The zero-order chi connectivity index (χ0) is 17.6. The molecule has 3 aromatic rings. The first-order valence-corrected chi connectivity index (χ1v) is 9.04. The lowest BCUT2D eigenvalue weighted by Crippen LogP contribution is -2.34. The fourth-order valence-corrected chi connectivity index (χ4v) is 3.87. The van der Waals surface area contributed by atoms with E-state index in [1.807, 2.05) is 6.07 Å². The maximum Gasteiger partial charge on any atom is 0.159 e. The van der Waals surface area contributed by atoms with Crippen LogP contribution in [0, 0.1) is 11.7 Å². The molecule has 0 N–H and O–H groups in total. The molecule has 4 rings (SSSR count). The van der Waals surface area contributed by atoms with Crippen LogP contribution < -0.4 is 4.90 Å². The van der Waals surface area contributed by atoms with Gasteiger partial charge in [0.15, 0.2) is 5.65 Å². The van der Waals surface area contributed by atoms with Gasteiger partial charge < -0.3 is 4.90 Å². The van der Waals surface area contributed by atoms with E-state index < -0.39 is 0 Å². The predicted molar refractivity (Wildman–Crippen MR) is 99.0 cm³/mol. The lowest BCUT2D eigenvalue weighted by molar-refractivity contribution is 0.435. The molecule has 0 saturated carbocycles. The molecule has 1 aliphatic rings. The van der Waals surface area contributed by atoms with E-state index in [9.17, 15) is 4.39 Å². The Morgan fingerprint density at radius 2 is 1.92 bits per heavy atom. The number of hydrogen-bond acceptors (Lipinski definition) is 3. The van der Waals surface area contributed by atoms with Gasteiger partial charge in [-0.15, -0.1) is 0 Å². The van der Waals surface area contributed by atoms with Crippen LogP contribution >= 0.6 is 23.2 Å². The van der Waals surface area contributed by atoms with Gasteiger partial charge in [-0.3, -0.25) is 0 Å². The summed E-state index contributed by atoms with van der Waals surface area (Å²) < 4.78 is 15.3. The first kappa shape index (κ1) is 16.6. The Labute approximate surface area is 155 Å². The van der Waals surface area contributed by atoms with E-state index in [1.54, 1.807) is 16.8 Å². The number of piperidine rings is 1. The second-order valence-electron chi connectivity index (χ2n) is 6.50. The quantitative estimate of drug-likeness (QED) is 0.583. The monoisotopic (exact) mass is 378 g/mol.